The molecule has 1 amide bonds. The maximum absolute atomic E-state index is 13.3. The van der Waals surface area contributed by atoms with Gasteiger partial charge in [-0.3, -0.25) is 4.79 Å². The number of amides is 1. The van der Waals surface area contributed by atoms with Gasteiger partial charge in [-0.25, -0.2) is 18.2 Å². The number of thiazole rings is 1. The highest BCUT2D eigenvalue weighted by molar-refractivity contribution is 7.89. The minimum Gasteiger partial charge on any atom is -0.462 e. The van der Waals surface area contributed by atoms with E-state index in [0.717, 1.165) is 34.4 Å². The average molecular weight is 584 g/mol. The number of anilines is 1. The van der Waals surface area contributed by atoms with Crippen molar-refractivity contribution in [2.75, 3.05) is 25.0 Å². The molecule has 5 rings (SSSR count). The van der Waals surface area contributed by atoms with Gasteiger partial charge in [0.2, 0.25) is 10.0 Å². The Kier molecular flexibility index (Phi) is 7.86. The van der Waals surface area contributed by atoms with Crippen molar-refractivity contribution < 1.29 is 22.7 Å². The molecule has 1 N–H and O–H groups in total. The van der Waals surface area contributed by atoms with Crippen molar-refractivity contribution in [3.8, 4) is 10.6 Å². The number of hydrogen-bond acceptors (Lipinski definition) is 8. The second-order valence-electron chi connectivity index (χ2n) is 9.53. The Bertz CT molecular complexity index is 1600. The summed E-state index contributed by atoms with van der Waals surface area (Å²) in [7, 11) is -3.61. The van der Waals surface area contributed by atoms with Crippen LogP contribution in [-0.2, 0) is 14.8 Å². The van der Waals surface area contributed by atoms with Crippen LogP contribution in [0.25, 0.3) is 20.8 Å². The Morgan fingerprint density at radius 2 is 1.77 bits per heavy atom. The fraction of sp³-hybridized carbons (Fsp3) is 0.321. The van der Waals surface area contributed by atoms with Crippen molar-refractivity contribution in [1.82, 2.24) is 9.29 Å². The van der Waals surface area contributed by atoms with Crippen molar-refractivity contribution in [1.29, 1.82) is 0 Å². The van der Waals surface area contributed by atoms with Crippen molar-refractivity contribution in [2.24, 2.45) is 5.92 Å². The molecule has 2 aromatic carbocycles. The minimum atomic E-state index is -3.61. The van der Waals surface area contributed by atoms with Gasteiger partial charge in [-0.05, 0) is 74.6 Å². The Morgan fingerprint density at radius 1 is 1.08 bits per heavy atom. The smallest absolute Gasteiger partial charge is 0.348 e. The van der Waals surface area contributed by atoms with Crippen molar-refractivity contribution in [2.45, 2.75) is 38.5 Å². The number of nitrogens with zero attached hydrogens (tertiary/aromatic N) is 2. The molecule has 1 aliphatic rings. The number of esters is 1. The molecular formula is C28H29N3O5S3. The maximum atomic E-state index is 13.3. The molecule has 0 spiro atoms. The van der Waals surface area contributed by atoms with Crippen molar-refractivity contribution in [3.05, 3.63) is 64.5 Å². The van der Waals surface area contributed by atoms with E-state index in [1.807, 2.05) is 31.2 Å². The summed E-state index contributed by atoms with van der Waals surface area (Å²) in [5.74, 6) is -0.352. The van der Waals surface area contributed by atoms with Gasteiger partial charge in [0.05, 0.1) is 21.7 Å². The molecule has 4 aromatic rings. The highest BCUT2D eigenvalue weighted by atomic mass is 32.2. The fourth-order valence-electron chi connectivity index (χ4n) is 4.56. The third-order valence-electron chi connectivity index (χ3n) is 6.84. The highest BCUT2D eigenvalue weighted by Gasteiger charge is 2.29. The minimum absolute atomic E-state index is 0.167. The molecule has 11 heteroatoms. The van der Waals surface area contributed by atoms with Gasteiger partial charge in [0.15, 0.2) is 0 Å². The number of rotatable bonds is 7. The molecule has 3 heterocycles. The summed E-state index contributed by atoms with van der Waals surface area (Å²) >= 11 is 2.62. The molecule has 8 nitrogen and oxygen atoms in total. The monoisotopic (exact) mass is 583 g/mol. The summed E-state index contributed by atoms with van der Waals surface area (Å²) in [4.78, 5) is 31.3. The van der Waals surface area contributed by atoms with E-state index in [4.69, 9.17) is 9.72 Å². The van der Waals surface area contributed by atoms with Crippen LogP contribution in [0, 0.1) is 12.8 Å². The molecule has 1 saturated heterocycles. The maximum Gasteiger partial charge on any atom is 0.348 e. The molecule has 0 unspecified atom stereocenters. The predicted octanol–water partition coefficient (Wildman–Crippen LogP) is 6.18. The van der Waals surface area contributed by atoms with E-state index in [1.165, 1.54) is 39.9 Å². The lowest BCUT2D eigenvalue weighted by atomic mass is 10.0. The first-order valence-corrected chi connectivity index (χ1v) is 15.8. The third kappa shape index (κ3) is 5.49. The number of ether oxygens (including phenoxy) is 1. The number of carbonyl (C=O) groups is 2. The number of nitrogens with one attached hydrogen (secondary N) is 1. The first kappa shape index (κ1) is 27.4. The molecule has 0 aliphatic carbocycles. The van der Waals surface area contributed by atoms with E-state index in [2.05, 4.69) is 12.2 Å². The summed E-state index contributed by atoms with van der Waals surface area (Å²) in [5.41, 5.74) is 2.50. The molecule has 204 valence electrons. The molecule has 39 heavy (non-hydrogen) atoms. The van der Waals surface area contributed by atoms with Gasteiger partial charge in [0.1, 0.15) is 14.9 Å². The van der Waals surface area contributed by atoms with E-state index in [0.29, 0.717) is 50.6 Å². The number of sulfonamides is 1. The SMILES string of the molecule is CCOC(=O)c1sc(NC(=O)c2ccc(S(=O)(=O)N3CCC(C)CC3)cc2)c(-c2nc3ccccc3s2)c1C. The van der Waals surface area contributed by atoms with E-state index in [9.17, 15) is 18.0 Å². The van der Waals surface area contributed by atoms with Crippen LogP contribution in [0.5, 0.6) is 0 Å². The first-order valence-electron chi connectivity index (χ1n) is 12.8. The first-order chi connectivity index (χ1) is 18.7. The van der Waals surface area contributed by atoms with Crippen LogP contribution < -0.4 is 5.32 Å². The van der Waals surface area contributed by atoms with Crippen LogP contribution in [-0.4, -0.2) is 49.3 Å². The van der Waals surface area contributed by atoms with Gasteiger partial charge >= 0.3 is 5.97 Å². The predicted molar refractivity (Wildman–Crippen MR) is 155 cm³/mol. The second kappa shape index (κ2) is 11.2. The summed E-state index contributed by atoms with van der Waals surface area (Å²) in [6, 6.07) is 13.7. The quantitative estimate of drug-likeness (QED) is 0.260. The Morgan fingerprint density at radius 3 is 2.44 bits per heavy atom. The largest absolute Gasteiger partial charge is 0.462 e. The molecular weight excluding hydrogens is 555 g/mol. The number of benzene rings is 2. The van der Waals surface area contributed by atoms with Gasteiger partial charge in [0, 0.05) is 24.2 Å². The van der Waals surface area contributed by atoms with Crippen LogP contribution in [0.1, 0.15) is 52.3 Å². The van der Waals surface area contributed by atoms with Crippen molar-refractivity contribution >= 4 is 59.8 Å². The zero-order chi connectivity index (χ0) is 27.7. The van der Waals surface area contributed by atoms with Gasteiger partial charge in [-0.2, -0.15) is 4.31 Å². The Hall–Kier alpha value is -3.12. The van der Waals surface area contributed by atoms with Gasteiger partial charge < -0.3 is 10.1 Å². The molecule has 0 saturated carbocycles. The Labute approximate surface area is 235 Å². The van der Waals surface area contributed by atoms with Crippen LogP contribution in [0.2, 0.25) is 0 Å². The number of hydrogen-bond donors (Lipinski definition) is 1. The number of para-hydroxylation sites is 1. The number of fused-ring (bicyclic) bond motifs is 1. The topological polar surface area (TPSA) is 106 Å². The number of thiophene rings is 1. The fourth-order valence-corrected chi connectivity index (χ4v) is 8.26. The van der Waals surface area contributed by atoms with Crippen LogP contribution in [0.15, 0.2) is 53.4 Å². The molecule has 1 fully saturated rings. The lowest BCUT2D eigenvalue weighted by molar-refractivity contribution is 0.0531. The van der Waals surface area contributed by atoms with E-state index >= 15 is 0 Å². The standard InChI is InChI=1S/C28H29N3O5S3/c1-4-36-28(33)24-18(3)23(26-29-21-7-5-6-8-22(21)37-26)27(38-24)30-25(32)19-9-11-20(12-10-19)39(34,35)31-15-13-17(2)14-16-31/h5-12,17H,4,13-16H2,1-3H3,(H,30,32). The molecule has 0 bridgehead atoms. The lowest BCUT2D eigenvalue weighted by Gasteiger charge is -2.29. The van der Waals surface area contributed by atoms with E-state index < -0.39 is 21.9 Å². The van der Waals surface area contributed by atoms with Crippen molar-refractivity contribution in [3.63, 3.8) is 0 Å². The van der Waals surface area contributed by atoms with Gasteiger partial charge in [-0.1, -0.05) is 19.1 Å². The summed E-state index contributed by atoms with van der Waals surface area (Å²) < 4.78 is 33.9. The number of carbonyl (C=O) groups excluding carboxylic acids is 2. The molecule has 0 atom stereocenters. The second-order valence-corrected chi connectivity index (χ2v) is 13.5. The van der Waals surface area contributed by atoms with Gasteiger partial charge in [-0.15, -0.1) is 22.7 Å². The molecule has 1 aliphatic heterocycles. The molecule has 2 aromatic heterocycles. The highest BCUT2D eigenvalue weighted by Crippen LogP contribution is 2.43. The lowest BCUT2D eigenvalue weighted by Crippen LogP contribution is -2.37. The van der Waals surface area contributed by atoms with E-state index in [-0.39, 0.29) is 11.5 Å². The number of piperidine rings is 1. The van der Waals surface area contributed by atoms with Crippen LogP contribution in [0.3, 0.4) is 0 Å². The number of aromatic nitrogens is 1. The summed E-state index contributed by atoms with van der Waals surface area (Å²) in [5, 5.41) is 4.11. The molecule has 0 radical (unpaired) electrons. The zero-order valence-electron chi connectivity index (χ0n) is 21.9. The van der Waals surface area contributed by atoms with Crippen LogP contribution >= 0.6 is 22.7 Å². The Balaban J connectivity index is 1.44. The van der Waals surface area contributed by atoms with E-state index in [1.54, 1.807) is 6.92 Å². The van der Waals surface area contributed by atoms with Gasteiger partial charge in [0.25, 0.3) is 5.91 Å². The summed E-state index contributed by atoms with van der Waals surface area (Å²) in [6.07, 6.45) is 1.68. The van der Waals surface area contributed by atoms with Crippen LogP contribution in [0.4, 0.5) is 5.00 Å². The summed E-state index contributed by atoms with van der Waals surface area (Å²) in [6.45, 7) is 6.93. The zero-order valence-corrected chi connectivity index (χ0v) is 24.3. The normalized spacial score (nSPS) is 14.9. The third-order valence-corrected chi connectivity index (χ3v) is 11.0. The average Bonchev–Trinajstić information content (AvgIpc) is 3.49.